The van der Waals surface area contributed by atoms with Crippen LogP contribution >= 0.6 is 0 Å². The molecule has 2 saturated heterocycles. The van der Waals surface area contributed by atoms with Gasteiger partial charge in [-0.25, -0.2) is 0 Å². The Morgan fingerprint density at radius 2 is 1.02 bits per heavy atom. The van der Waals surface area contributed by atoms with Crippen LogP contribution in [-0.4, -0.2) is 293 Å². The average Bonchev–Trinajstić information content (AvgIpc) is 0.813. The highest BCUT2D eigenvalue weighted by Gasteiger charge is 2.44. The first-order valence-electron chi connectivity index (χ1n) is 36.7. The third-order valence-electron chi connectivity index (χ3n) is 21.1. The van der Waals surface area contributed by atoms with Crippen molar-refractivity contribution in [1.29, 1.82) is 0 Å². The third-order valence-corrected chi connectivity index (χ3v) is 21.1. The van der Waals surface area contributed by atoms with E-state index in [4.69, 9.17) is 0 Å². The number of hydrogen-bond acceptors (Lipinski definition) is 15. The molecule has 4 N–H and O–H groups in total. The maximum Gasteiger partial charge on any atom is 0.248 e. The quantitative estimate of drug-likeness (QED) is 0.142. The van der Waals surface area contributed by atoms with Crippen LogP contribution in [0.2, 0.25) is 0 Å². The van der Waals surface area contributed by atoms with Crippen LogP contribution < -0.4 is 16.0 Å². The second-order valence-corrected chi connectivity index (χ2v) is 29.2. The molecule has 5 rings (SSSR count). The molecule has 2 aliphatic heterocycles. The van der Waals surface area contributed by atoms with Gasteiger partial charge in [0.05, 0.1) is 25.1 Å². The smallest absolute Gasteiger partial charge is 0.248 e. The third kappa shape index (κ3) is 23.0. The number of ketones is 1. The summed E-state index contributed by atoms with van der Waals surface area (Å²) in [5, 5.41) is 19.1. The van der Waals surface area contributed by atoms with Gasteiger partial charge in [0, 0.05) is 115 Å². The molecule has 106 heavy (non-hydrogen) atoms. The molecule has 13 atom stereocenters. The van der Waals surface area contributed by atoms with Crippen LogP contribution in [0.4, 0.5) is 0 Å². The van der Waals surface area contributed by atoms with E-state index in [9.17, 15) is 53.1 Å². The number of likely N-dealkylation sites (tertiary alicyclic amines) is 1. The van der Waals surface area contributed by atoms with Crippen molar-refractivity contribution in [3.8, 4) is 0 Å². The molecule has 28 nitrogen and oxygen atoms in total. The van der Waals surface area contributed by atoms with Crippen molar-refractivity contribution in [2.24, 2.45) is 17.8 Å². The van der Waals surface area contributed by atoms with Gasteiger partial charge in [0.15, 0.2) is 5.78 Å². The summed E-state index contributed by atoms with van der Waals surface area (Å²) in [6.07, 6.45) is -0.132. The van der Waals surface area contributed by atoms with Gasteiger partial charge in [0.1, 0.15) is 54.4 Å². The fraction of sp³-hybridized carbons (Fsp3) is 0.590. The monoisotopic (exact) mass is 1470 g/mol. The molecule has 0 unspecified atom stereocenters. The molecule has 3 aromatic rings. The zero-order valence-electron chi connectivity index (χ0n) is 65.3. The molecule has 0 aliphatic carbocycles. The number of rotatable bonds is 18. The van der Waals surface area contributed by atoms with E-state index < -0.39 is 174 Å². The topological polar surface area (TPSA) is 328 Å². The molecular weight excluding hydrogens is 1360 g/mol. The van der Waals surface area contributed by atoms with E-state index in [1.807, 2.05) is 18.2 Å². The van der Waals surface area contributed by atoms with Crippen molar-refractivity contribution >= 4 is 82.6 Å². The van der Waals surface area contributed by atoms with Gasteiger partial charge in [-0.3, -0.25) is 67.1 Å². The number of piperidine rings is 1. The number of benzene rings is 3. The van der Waals surface area contributed by atoms with E-state index in [2.05, 4.69) is 16.0 Å². The van der Waals surface area contributed by atoms with Gasteiger partial charge in [-0.1, -0.05) is 132 Å². The SMILES string of the molecule is CC[C@H](C)[C@@H]1NC(=O)[C@H](Cc2ccccc2)N(C)C(=O)[C@H](C)N(C)C(=O)CN(C)C(=O)[C@H]([C@@H](C)O)NC(=O)[C@H](C)N(C)C(=O)[C@H](C(C)C)N(C)C(=O)[C@H](C)N(C)C(=O)CCN(C)C(=O)C[C@@H](C(=O)N(C)[C@@H](Cc2ccccc2)C(=O)N(C)[C@@H](Cc2ccccc2)C(=O)C[C@@H](C)C(=O)N2CCCCC2)NC1=O. The Morgan fingerprint density at radius 3 is 1.54 bits per heavy atom. The molecule has 0 radical (unpaired) electrons. The molecule has 2 aliphatic rings. The van der Waals surface area contributed by atoms with Crippen LogP contribution in [0.1, 0.15) is 124 Å². The van der Waals surface area contributed by atoms with Crippen LogP contribution in [-0.2, 0) is 86.4 Å². The molecule has 0 saturated carbocycles. The van der Waals surface area contributed by atoms with Gasteiger partial charge >= 0.3 is 0 Å². The Hall–Kier alpha value is -9.60. The lowest BCUT2D eigenvalue weighted by molar-refractivity contribution is -0.153. The van der Waals surface area contributed by atoms with Gasteiger partial charge in [0.2, 0.25) is 76.8 Å². The van der Waals surface area contributed by atoms with Crippen LogP contribution in [0.25, 0.3) is 0 Å². The van der Waals surface area contributed by atoms with Crippen molar-refractivity contribution in [3.63, 3.8) is 0 Å². The fourth-order valence-corrected chi connectivity index (χ4v) is 13.2. The Labute approximate surface area is 625 Å². The minimum absolute atomic E-state index is 0.0492. The predicted octanol–water partition coefficient (Wildman–Crippen LogP) is 2.42. The lowest BCUT2D eigenvalue weighted by Gasteiger charge is -2.38. The number of aliphatic hydroxyl groups excluding tert-OH is 1. The fourth-order valence-electron chi connectivity index (χ4n) is 13.2. The maximum absolute atomic E-state index is 15.8. The van der Waals surface area contributed by atoms with E-state index in [0.29, 0.717) is 29.8 Å². The first-order valence-corrected chi connectivity index (χ1v) is 36.7. The molecule has 28 heteroatoms. The standard InChI is InChI=1S/C78H115N13O15/c1-19-49(4)66-71(99)79-58(75(103)89(17)61(45-57-36-28-22-29-37-57)76(104)87(15)59(43-55-32-24-20-25-33-55)62(93)42-50(5)72(100)91-39-30-23-31-40-91)46-64(95)82(10)41-38-63(94)84(12)53(8)74(102)90(18)68(48(2)3)78(106)86(14)51(6)69(97)81-67(54(9)92)77(105)83(11)47-65(96)85(13)52(7)73(101)88(16)60(70(98)80-66)44-56-34-26-21-27-35-56/h20-22,24-29,32-37,48-54,58-61,66-68,92H,19,23,30-31,38-47H2,1-18H3,(H,79,99)(H,80,98)(H,81,97)/t49-,50+,51-,52-,53-,54+,58-,59-,60-,61-,66-,67-,68-/m0/s1. The van der Waals surface area contributed by atoms with Crippen LogP contribution in [0.3, 0.4) is 0 Å². The summed E-state index contributed by atoms with van der Waals surface area (Å²) in [6.45, 7) is 14.2. The predicted molar refractivity (Wildman–Crippen MR) is 399 cm³/mol. The van der Waals surface area contributed by atoms with E-state index in [1.165, 1.54) is 101 Å². The summed E-state index contributed by atoms with van der Waals surface area (Å²) in [4.78, 5) is 218. The molecule has 2 fully saturated rings. The number of aliphatic hydroxyl groups is 1. The number of hydrogen-bond donors (Lipinski definition) is 4. The maximum atomic E-state index is 15.8. The lowest BCUT2D eigenvalue weighted by atomic mass is 9.92. The molecule has 582 valence electrons. The molecule has 13 amide bonds. The summed E-state index contributed by atoms with van der Waals surface area (Å²) in [5.74, 6) is -12.0. The van der Waals surface area contributed by atoms with Crippen LogP contribution in [0.15, 0.2) is 91.0 Å². The van der Waals surface area contributed by atoms with E-state index in [0.717, 1.165) is 53.6 Å². The largest absolute Gasteiger partial charge is 0.391 e. The second-order valence-electron chi connectivity index (χ2n) is 29.2. The first kappa shape index (κ1) is 87.0. The first-order chi connectivity index (χ1) is 49.9. The highest BCUT2D eigenvalue weighted by atomic mass is 16.3. The summed E-state index contributed by atoms with van der Waals surface area (Å²) in [7, 11) is 12.2. The highest BCUT2D eigenvalue weighted by molar-refractivity contribution is 6.01. The minimum Gasteiger partial charge on any atom is -0.391 e. The number of amides is 13. The average molecular weight is 1470 g/mol. The molecule has 0 bridgehead atoms. The Morgan fingerprint density at radius 1 is 0.519 bits per heavy atom. The molecule has 0 aromatic heterocycles. The van der Waals surface area contributed by atoms with Crippen molar-refractivity contribution in [2.75, 3.05) is 89.6 Å². The Kier molecular flexibility index (Phi) is 33.0. The number of carbonyl (C=O) groups is 14. The van der Waals surface area contributed by atoms with Gasteiger partial charge in [-0.2, -0.15) is 0 Å². The van der Waals surface area contributed by atoms with E-state index in [1.54, 1.807) is 112 Å². The zero-order chi connectivity index (χ0) is 79.3. The van der Waals surface area contributed by atoms with Crippen LogP contribution in [0.5, 0.6) is 0 Å². The summed E-state index contributed by atoms with van der Waals surface area (Å²) in [6, 6.07) is 12.6. The number of carbonyl (C=O) groups excluding carboxylic acids is 14. The van der Waals surface area contributed by atoms with Crippen molar-refractivity contribution in [1.82, 2.24) is 64.9 Å². The lowest BCUT2D eigenvalue weighted by Crippen LogP contribution is -2.62. The Bertz CT molecular complexity index is 3560. The van der Waals surface area contributed by atoms with Gasteiger partial charge in [-0.15, -0.1) is 0 Å². The number of nitrogens with one attached hydrogen (secondary N) is 3. The van der Waals surface area contributed by atoms with Crippen molar-refractivity contribution in [2.45, 2.75) is 193 Å². The normalized spacial score (nSPS) is 23.6. The number of Topliss-reactive ketones (excluding diaryl/α,β-unsaturated/α-hetero) is 1. The van der Waals surface area contributed by atoms with E-state index in [-0.39, 0.29) is 51.0 Å². The van der Waals surface area contributed by atoms with Gasteiger partial charge in [-0.05, 0) is 81.9 Å². The van der Waals surface area contributed by atoms with E-state index >= 15 is 19.2 Å². The molecule has 2 heterocycles. The summed E-state index contributed by atoms with van der Waals surface area (Å²) >= 11 is 0. The molecule has 3 aromatic carbocycles. The number of likely N-dealkylation sites (N-methyl/N-ethyl adjacent to an activating group) is 8. The van der Waals surface area contributed by atoms with Crippen molar-refractivity contribution < 1.29 is 72.2 Å². The zero-order valence-corrected chi connectivity index (χ0v) is 65.3. The van der Waals surface area contributed by atoms with Gasteiger partial charge < -0.3 is 70.1 Å². The van der Waals surface area contributed by atoms with Crippen molar-refractivity contribution in [3.05, 3.63) is 108 Å². The second kappa shape index (κ2) is 40.2. The van der Waals surface area contributed by atoms with Crippen LogP contribution in [0, 0.1) is 17.8 Å². The number of nitrogens with zero attached hydrogens (tertiary/aromatic N) is 10. The Balaban J connectivity index is 1.63. The summed E-state index contributed by atoms with van der Waals surface area (Å²) < 4.78 is 0. The highest BCUT2D eigenvalue weighted by Crippen LogP contribution is 2.24. The molecular formula is C78H115N13O15. The van der Waals surface area contributed by atoms with Gasteiger partial charge in [0.25, 0.3) is 0 Å². The summed E-state index contributed by atoms with van der Waals surface area (Å²) in [5.41, 5.74) is 1.91. The minimum atomic E-state index is -1.81. The molecule has 0 spiro atoms.